The molecule has 2 heterocycles. The fourth-order valence-corrected chi connectivity index (χ4v) is 4.39. The SMILES string of the molecule is CCNC(=NCCS(=O)(=O)C(C)(C)C)NC1CCN(CC2CCOC2)CC1.I. The first-order valence-corrected chi connectivity index (χ1v) is 11.9. The smallest absolute Gasteiger partial charge is 0.191 e. The standard InChI is InChI=1S/C19H38N4O3S.HI/c1-5-20-18(21-9-13-27(24,25)19(2,3)4)22-17-6-10-23(11-7-17)14-16-8-12-26-15-16;/h16-17H,5-15H2,1-4H3,(H2,20,21,22);1H. The molecule has 0 radical (unpaired) electrons. The molecule has 2 aliphatic rings. The van der Waals surface area contributed by atoms with E-state index in [4.69, 9.17) is 4.74 Å². The minimum absolute atomic E-state index is 0. The normalized spacial score (nSPS) is 22.7. The third-order valence-electron chi connectivity index (χ3n) is 5.38. The van der Waals surface area contributed by atoms with Crippen LogP contribution in [0.2, 0.25) is 0 Å². The van der Waals surface area contributed by atoms with E-state index in [0.29, 0.717) is 12.0 Å². The van der Waals surface area contributed by atoms with E-state index in [0.717, 1.165) is 58.2 Å². The molecular formula is C19H39IN4O3S. The summed E-state index contributed by atoms with van der Waals surface area (Å²) in [4.78, 5) is 7.03. The van der Waals surface area contributed by atoms with E-state index in [1.54, 1.807) is 20.8 Å². The number of rotatable bonds is 7. The van der Waals surface area contributed by atoms with Crippen molar-refractivity contribution < 1.29 is 13.2 Å². The van der Waals surface area contributed by atoms with E-state index < -0.39 is 14.6 Å². The first-order chi connectivity index (χ1) is 12.7. The van der Waals surface area contributed by atoms with Crippen LogP contribution in [0.4, 0.5) is 0 Å². The van der Waals surface area contributed by atoms with Gasteiger partial charge in [-0.3, -0.25) is 4.99 Å². The third-order valence-corrected chi connectivity index (χ3v) is 7.96. The van der Waals surface area contributed by atoms with Gasteiger partial charge in [0, 0.05) is 38.8 Å². The quantitative estimate of drug-likeness (QED) is 0.297. The minimum atomic E-state index is -3.14. The van der Waals surface area contributed by atoms with Crippen molar-refractivity contribution in [3.8, 4) is 0 Å². The maximum atomic E-state index is 12.2. The van der Waals surface area contributed by atoms with E-state index in [9.17, 15) is 8.42 Å². The summed E-state index contributed by atoms with van der Waals surface area (Å²) in [5, 5.41) is 6.73. The van der Waals surface area contributed by atoms with Gasteiger partial charge in [0.2, 0.25) is 0 Å². The molecule has 0 bridgehead atoms. The Labute approximate surface area is 188 Å². The predicted molar refractivity (Wildman–Crippen MR) is 126 cm³/mol. The van der Waals surface area contributed by atoms with Crippen LogP contribution in [0.3, 0.4) is 0 Å². The van der Waals surface area contributed by atoms with Gasteiger partial charge < -0.3 is 20.3 Å². The fraction of sp³-hybridized carbons (Fsp3) is 0.947. The van der Waals surface area contributed by atoms with Crippen molar-refractivity contribution in [3.63, 3.8) is 0 Å². The number of sulfone groups is 1. The summed E-state index contributed by atoms with van der Waals surface area (Å²) < 4.78 is 29.2. The van der Waals surface area contributed by atoms with Gasteiger partial charge >= 0.3 is 0 Å². The highest BCUT2D eigenvalue weighted by molar-refractivity contribution is 14.0. The molecule has 28 heavy (non-hydrogen) atoms. The monoisotopic (exact) mass is 530 g/mol. The second-order valence-electron chi connectivity index (χ2n) is 8.64. The summed E-state index contributed by atoms with van der Waals surface area (Å²) in [7, 11) is -3.14. The highest BCUT2D eigenvalue weighted by Crippen LogP contribution is 2.18. The number of aliphatic imine (C=N–C) groups is 1. The summed E-state index contributed by atoms with van der Waals surface area (Å²) >= 11 is 0. The number of piperidine rings is 1. The maximum absolute atomic E-state index is 12.2. The lowest BCUT2D eigenvalue weighted by atomic mass is 10.0. The Balaban J connectivity index is 0.00000392. The molecule has 0 aromatic rings. The zero-order chi connectivity index (χ0) is 19.9. The summed E-state index contributed by atoms with van der Waals surface area (Å²) in [6.45, 7) is 13.4. The average Bonchev–Trinajstić information content (AvgIpc) is 3.08. The Bertz CT molecular complexity index is 578. The third kappa shape index (κ3) is 8.31. The lowest BCUT2D eigenvalue weighted by Gasteiger charge is -2.34. The van der Waals surface area contributed by atoms with Gasteiger partial charge in [-0.15, -0.1) is 24.0 Å². The van der Waals surface area contributed by atoms with Crippen LogP contribution in [0.15, 0.2) is 4.99 Å². The molecule has 2 aliphatic heterocycles. The number of hydrogen-bond donors (Lipinski definition) is 2. The van der Waals surface area contributed by atoms with Crippen LogP contribution in [0.5, 0.6) is 0 Å². The zero-order valence-corrected chi connectivity index (χ0v) is 21.0. The Morgan fingerprint density at radius 3 is 2.43 bits per heavy atom. The summed E-state index contributed by atoms with van der Waals surface area (Å²) in [6.07, 6.45) is 3.35. The van der Waals surface area contributed by atoms with E-state index >= 15 is 0 Å². The number of halogens is 1. The van der Waals surface area contributed by atoms with E-state index in [-0.39, 0.29) is 36.3 Å². The van der Waals surface area contributed by atoms with Crippen LogP contribution in [-0.4, -0.2) is 81.8 Å². The Hall–Kier alpha value is -0.130. The lowest BCUT2D eigenvalue weighted by Crippen LogP contribution is -2.49. The first-order valence-electron chi connectivity index (χ1n) is 10.3. The van der Waals surface area contributed by atoms with Crippen molar-refractivity contribution in [2.75, 3.05) is 51.7 Å². The van der Waals surface area contributed by atoms with Gasteiger partial charge in [-0.05, 0) is 52.9 Å². The second kappa shape index (κ2) is 11.9. The van der Waals surface area contributed by atoms with Gasteiger partial charge in [0.15, 0.2) is 15.8 Å². The van der Waals surface area contributed by atoms with E-state index in [2.05, 4.69) is 20.5 Å². The second-order valence-corrected chi connectivity index (χ2v) is 11.5. The molecule has 2 rings (SSSR count). The van der Waals surface area contributed by atoms with Gasteiger partial charge in [-0.1, -0.05) is 0 Å². The van der Waals surface area contributed by atoms with Crippen LogP contribution >= 0.6 is 24.0 Å². The van der Waals surface area contributed by atoms with E-state index in [1.165, 1.54) is 6.42 Å². The van der Waals surface area contributed by atoms with Crippen molar-refractivity contribution in [1.82, 2.24) is 15.5 Å². The molecular weight excluding hydrogens is 491 g/mol. The number of nitrogens with zero attached hydrogens (tertiary/aromatic N) is 2. The maximum Gasteiger partial charge on any atom is 0.191 e. The molecule has 0 amide bonds. The van der Waals surface area contributed by atoms with E-state index in [1.807, 2.05) is 6.92 Å². The Kier molecular flexibility index (Phi) is 11.0. The molecule has 9 heteroatoms. The Morgan fingerprint density at radius 1 is 1.21 bits per heavy atom. The molecule has 0 aromatic heterocycles. The number of nitrogens with one attached hydrogen (secondary N) is 2. The zero-order valence-electron chi connectivity index (χ0n) is 17.9. The first kappa shape index (κ1) is 25.9. The molecule has 0 spiro atoms. The number of guanidine groups is 1. The summed E-state index contributed by atoms with van der Waals surface area (Å²) in [5.74, 6) is 1.50. The number of ether oxygens (including phenoxy) is 1. The van der Waals surface area contributed by atoms with Crippen molar-refractivity contribution in [2.45, 2.75) is 57.7 Å². The van der Waals surface area contributed by atoms with Gasteiger partial charge in [0.05, 0.1) is 23.7 Å². The molecule has 0 saturated carbocycles. The fourth-order valence-electron chi connectivity index (χ4n) is 3.45. The van der Waals surface area contributed by atoms with Crippen LogP contribution < -0.4 is 10.6 Å². The van der Waals surface area contributed by atoms with Crippen LogP contribution in [0.25, 0.3) is 0 Å². The average molecular weight is 531 g/mol. The molecule has 2 fully saturated rings. The summed E-state index contributed by atoms with van der Waals surface area (Å²) in [5.41, 5.74) is 0. The highest BCUT2D eigenvalue weighted by Gasteiger charge is 2.28. The van der Waals surface area contributed by atoms with Crippen molar-refractivity contribution in [1.29, 1.82) is 0 Å². The summed E-state index contributed by atoms with van der Waals surface area (Å²) in [6, 6.07) is 0.387. The predicted octanol–water partition coefficient (Wildman–Crippen LogP) is 1.87. The minimum Gasteiger partial charge on any atom is -0.381 e. The molecule has 2 saturated heterocycles. The molecule has 0 aliphatic carbocycles. The largest absolute Gasteiger partial charge is 0.381 e. The van der Waals surface area contributed by atoms with Crippen LogP contribution in [0, 0.1) is 5.92 Å². The molecule has 1 unspecified atom stereocenters. The van der Waals surface area contributed by atoms with Crippen LogP contribution in [0.1, 0.15) is 47.0 Å². The van der Waals surface area contributed by atoms with Gasteiger partial charge in [0.25, 0.3) is 0 Å². The van der Waals surface area contributed by atoms with Crippen LogP contribution in [-0.2, 0) is 14.6 Å². The van der Waals surface area contributed by atoms with Crippen molar-refractivity contribution in [3.05, 3.63) is 0 Å². The van der Waals surface area contributed by atoms with Gasteiger partial charge in [0.1, 0.15) is 0 Å². The van der Waals surface area contributed by atoms with Gasteiger partial charge in [-0.25, -0.2) is 8.42 Å². The molecule has 166 valence electrons. The van der Waals surface area contributed by atoms with Crippen molar-refractivity contribution >= 4 is 39.8 Å². The Morgan fingerprint density at radius 2 is 1.89 bits per heavy atom. The molecule has 1 atom stereocenters. The molecule has 0 aromatic carbocycles. The van der Waals surface area contributed by atoms with Crippen molar-refractivity contribution in [2.24, 2.45) is 10.9 Å². The number of likely N-dealkylation sites (tertiary alicyclic amines) is 1. The topological polar surface area (TPSA) is 83.0 Å². The molecule has 2 N–H and O–H groups in total. The number of hydrogen-bond acceptors (Lipinski definition) is 5. The lowest BCUT2D eigenvalue weighted by molar-refractivity contribution is 0.150. The molecule has 7 nitrogen and oxygen atoms in total. The highest BCUT2D eigenvalue weighted by atomic mass is 127. The van der Waals surface area contributed by atoms with Gasteiger partial charge in [-0.2, -0.15) is 0 Å².